The summed E-state index contributed by atoms with van der Waals surface area (Å²) in [5.41, 5.74) is 3.56. The quantitative estimate of drug-likeness (QED) is 0.537. The van der Waals surface area contributed by atoms with Gasteiger partial charge in [0.2, 0.25) is 5.95 Å². The molecular formula is C25H25ClFN5O2. The highest BCUT2D eigenvalue weighted by molar-refractivity contribution is 6.33. The maximum Gasteiger partial charge on any atom is 0.304 e. The van der Waals surface area contributed by atoms with Crippen LogP contribution in [-0.2, 0) is 23.2 Å². The maximum absolute atomic E-state index is 14.8. The fourth-order valence-electron chi connectivity index (χ4n) is 4.96. The molecule has 34 heavy (non-hydrogen) atoms. The molecule has 1 atom stereocenters. The molecule has 0 fully saturated rings. The number of benzene rings is 2. The number of carboxylic acid groups (broad SMARTS) is 1. The van der Waals surface area contributed by atoms with Crippen molar-refractivity contribution in [1.29, 1.82) is 0 Å². The molecule has 2 aliphatic heterocycles. The standard InChI is InChI=1S/C25H25ClFN5O2/c1-25(11-22(33)34)14-32(21-6-4-3-5-17(21)25)23-18(26)12-28-24(30-23)29-20-10-16-13-31(2)8-7-15(16)9-19(20)27/h3-6,9-10,12H,7-8,11,13-14H2,1-2H3,(H,33,34)(H,28,29,30)/t25-/m1/s1. The van der Waals surface area contributed by atoms with Crippen LogP contribution in [0.15, 0.2) is 42.6 Å². The number of rotatable bonds is 5. The Kier molecular flexibility index (Phi) is 5.65. The van der Waals surface area contributed by atoms with Crippen molar-refractivity contribution in [3.05, 3.63) is 70.1 Å². The molecule has 0 spiro atoms. The van der Waals surface area contributed by atoms with Crippen molar-refractivity contribution in [2.45, 2.75) is 31.7 Å². The van der Waals surface area contributed by atoms with Crippen molar-refractivity contribution in [2.24, 2.45) is 0 Å². The number of para-hydroxylation sites is 1. The van der Waals surface area contributed by atoms with E-state index in [0.717, 1.165) is 41.9 Å². The predicted molar refractivity (Wildman–Crippen MR) is 130 cm³/mol. The number of aromatic nitrogens is 2. The zero-order chi connectivity index (χ0) is 24.0. The summed E-state index contributed by atoms with van der Waals surface area (Å²) < 4.78 is 14.8. The third-order valence-electron chi connectivity index (χ3n) is 6.61. The molecule has 2 aromatic carbocycles. The van der Waals surface area contributed by atoms with Crippen LogP contribution in [0.1, 0.15) is 30.0 Å². The Morgan fingerprint density at radius 1 is 1.29 bits per heavy atom. The Labute approximate surface area is 202 Å². The van der Waals surface area contributed by atoms with E-state index >= 15 is 0 Å². The number of fused-ring (bicyclic) bond motifs is 2. The number of likely N-dealkylation sites (N-methyl/N-ethyl adjacent to an activating group) is 1. The van der Waals surface area contributed by atoms with E-state index in [1.54, 1.807) is 6.07 Å². The predicted octanol–water partition coefficient (Wildman–Crippen LogP) is 4.88. The van der Waals surface area contributed by atoms with E-state index in [1.807, 2.05) is 49.2 Å². The summed E-state index contributed by atoms with van der Waals surface area (Å²) in [6.45, 7) is 3.98. The van der Waals surface area contributed by atoms with Gasteiger partial charge in [-0.1, -0.05) is 36.7 Å². The number of halogens is 2. The number of hydrogen-bond donors (Lipinski definition) is 2. The minimum atomic E-state index is -0.871. The first kappa shape index (κ1) is 22.6. The first-order valence-electron chi connectivity index (χ1n) is 11.1. The number of nitrogens with zero attached hydrogens (tertiary/aromatic N) is 4. The van der Waals surface area contributed by atoms with Gasteiger partial charge in [0, 0.05) is 30.7 Å². The second kappa shape index (κ2) is 8.52. The number of aliphatic carboxylic acids is 1. The van der Waals surface area contributed by atoms with Crippen LogP contribution >= 0.6 is 11.6 Å². The van der Waals surface area contributed by atoms with Crippen LogP contribution in [0.25, 0.3) is 0 Å². The van der Waals surface area contributed by atoms with Gasteiger partial charge in [-0.05, 0) is 48.4 Å². The highest BCUT2D eigenvalue weighted by Gasteiger charge is 2.42. The van der Waals surface area contributed by atoms with E-state index in [2.05, 4.69) is 20.2 Å². The molecule has 0 unspecified atom stereocenters. The van der Waals surface area contributed by atoms with Crippen LogP contribution in [-0.4, -0.2) is 46.1 Å². The molecule has 176 valence electrons. The Bertz CT molecular complexity index is 1290. The van der Waals surface area contributed by atoms with Gasteiger partial charge in [0.05, 0.1) is 18.3 Å². The number of nitrogens with one attached hydrogen (secondary N) is 1. The molecule has 0 saturated heterocycles. The summed E-state index contributed by atoms with van der Waals surface area (Å²) >= 11 is 6.50. The Balaban J connectivity index is 1.49. The molecule has 0 radical (unpaired) electrons. The average molecular weight is 482 g/mol. The largest absolute Gasteiger partial charge is 0.481 e. The fourth-order valence-corrected chi connectivity index (χ4v) is 5.15. The lowest BCUT2D eigenvalue weighted by Crippen LogP contribution is -2.31. The van der Waals surface area contributed by atoms with Gasteiger partial charge >= 0.3 is 5.97 Å². The zero-order valence-corrected chi connectivity index (χ0v) is 19.7. The smallest absolute Gasteiger partial charge is 0.304 e. The summed E-state index contributed by atoms with van der Waals surface area (Å²) in [6, 6.07) is 11.0. The molecule has 2 N–H and O–H groups in total. The van der Waals surface area contributed by atoms with Gasteiger partial charge in [-0.15, -0.1) is 0 Å². The third kappa shape index (κ3) is 4.08. The van der Waals surface area contributed by atoms with E-state index < -0.39 is 11.4 Å². The Hall–Kier alpha value is -3.23. The van der Waals surface area contributed by atoms with Gasteiger partial charge in [-0.2, -0.15) is 4.98 Å². The van der Waals surface area contributed by atoms with Crippen molar-refractivity contribution in [3.8, 4) is 0 Å². The lowest BCUT2D eigenvalue weighted by atomic mass is 9.81. The summed E-state index contributed by atoms with van der Waals surface area (Å²) in [4.78, 5) is 24.5. The van der Waals surface area contributed by atoms with Crippen LogP contribution in [0, 0.1) is 5.82 Å². The first-order chi connectivity index (χ1) is 16.2. The number of carboxylic acids is 1. The monoisotopic (exact) mass is 481 g/mol. The molecule has 5 rings (SSSR count). The van der Waals surface area contributed by atoms with Crippen molar-refractivity contribution < 1.29 is 14.3 Å². The molecule has 0 bridgehead atoms. The second-order valence-corrected chi connectivity index (χ2v) is 9.72. The van der Waals surface area contributed by atoms with Gasteiger partial charge < -0.3 is 20.2 Å². The van der Waals surface area contributed by atoms with E-state index in [0.29, 0.717) is 23.1 Å². The minimum absolute atomic E-state index is 0.0247. The second-order valence-electron chi connectivity index (χ2n) is 9.31. The van der Waals surface area contributed by atoms with Gasteiger partial charge in [0.15, 0.2) is 5.82 Å². The third-order valence-corrected chi connectivity index (χ3v) is 6.88. The van der Waals surface area contributed by atoms with E-state index in [1.165, 1.54) is 6.20 Å². The molecule has 9 heteroatoms. The minimum Gasteiger partial charge on any atom is -0.481 e. The van der Waals surface area contributed by atoms with Crippen molar-refractivity contribution in [2.75, 3.05) is 30.4 Å². The molecule has 7 nitrogen and oxygen atoms in total. The van der Waals surface area contributed by atoms with Crippen molar-refractivity contribution in [3.63, 3.8) is 0 Å². The van der Waals surface area contributed by atoms with Gasteiger partial charge in [0.1, 0.15) is 10.8 Å². The summed E-state index contributed by atoms with van der Waals surface area (Å²) in [5.74, 6) is -0.571. The Morgan fingerprint density at radius 2 is 2.09 bits per heavy atom. The Morgan fingerprint density at radius 3 is 2.88 bits per heavy atom. The molecular weight excluding hydrogens is 457 g/mol. The first-order valence-corrected chi connectivity index (χ1v) is 11.5. The van der Waals surface area contributed by atoms with E-state index in [9.17, 15) is 14.3 Å². The molecule has 0 amide bonds. The molecule has 0 saturated carbocycles. The molecule has 1 aromatic heterocycles. The fraction of sp³-hybridized carbons (Fsp3) is 0.320. The number of anilines is 4. The maximum atomic E-state index is 14.8. The molecule has 0 aliphatic carbocycles. The highest BCUT2D eigenvalue weighted by atomic mass is 35.5. The van der Waals surface area contributed by atoms with Gasteiger partial charge in [-0.25, -0.2) is 9.37 Å². The van der Waals surface area contributed by atoms with Crippen LogP contribution in [0.5, 0.6) is 0 Å². The van der Waals surface area contributed by atoms with Crippen LogP contribution in [0.2, 0.25) is 5.02 Å². The molecule has 3 heterocycles. The highest BCUT2D eigenvalue weighted by Crippen LogP contribution is 2.47. The SMILES string of the molecule is CN1CCc2cc(F)c(Nc3ncc(Cl)c(N4C[C@@](C)(CC(=O)O)c5ccccc54)n3)cc2C1. The lowest BCUT2D eigenvalue weighted by molar-refractivity contribution is -0.138. The topological polar surface area (TPSA) is 81.6 Å². The van der Waals surface area contributed by atoms with Crippen LogP contribution in [0.3, 0.4) is 0 Å². The van der Waals surface area contributed by atoms with Crippen molar-refractivity contribution >= 4 is 40.7 Å². The zero-order valence-electron chi connectivity index (χ0n) is 19.0. The van der Waals surface area contributed by atoms with Crippen molar-refractivity contribution in [1.82, 2.24) is 14.9 Å². The van der Waals surface area contributed by atoms with E-state index in [-0.39, 0.29) is 18.2 Å². The molecule has 2 aliphatic rings. The van der Waals surface area contributed by atoms with Crippen LogP contribution < -0.4 is 10.2 Å². The average Bonchev–Trinajstić information content (AvgIpc) is 3.07. The molecule has 3 aromatic rings. The number of carbonyl (C=O) groups is 1. The van der Waals surface area contributed by atoms with Crippen LogP contribution in [0.4, 0.5) is 27.5 Å². The normalized spacial score (nSPS) is 19.6. The summed E-state index contributed by atoms with van der Waals surface area (Å²) in [5, 5.41) is 12.8. The number of hydrogen-bond acceptors (Lipinski definition) is 6. The summed E-state index contributed by atoms with van der Waals surface area (Å²) in [7, 11) is 2.04. The summed E-state index contributed by atoms with van der Waals surface area (Å²) in [6.07, 6.45) is 2.27. The van der Waals surface area contributed by atoms with E-state index in [4.69, 9.17) is 11.6 Å². The van der Waals surface area contributed by atoms with Gasteiger partial charge in [0.25, 0.3) is 0 Å². The van der Waals surface area contributed by atoms with Gasteiger partial charge in [-0.3, -0.25) is 4.79 Å². The lowest BCUT2D eigenvalue weighted by Gasteiger charge is -2.26.